The minimum absolute atomic E-state index is 0.0806. The van der Waals surface area contributed by atoms with Crippen LogP contribution in [-0.4, -0.2) is 29.0 Å². The monoisotopic (exact) mass is 501 g/mol. The summed E-state index contributed by atoms with van der Waals surface area (Å²) >= 11 is 12.2. The number of nitriles is 1. The zero-order valence-corrected chi connectivity index (χ0v) is 20.2. The van der Waals surface area contributed by atoms with Gasteiger partial charge >= 0.3 is 0 Å². The summed E-state index contributed by atoms with van der Waals surface area (Å²) in [7, 11) is 1.78. The lowest BCUT2D eigenvalue weighted by molar-refractivity contribution is 0.304. The highest BCUT2D eigenvalue weighted by Gasteiger charge is 2.17. The van der Waals surface area contributed by atoms with Gasteiger partial charge in [0.15, 0.2) is 11.6 Å². The number of halogens is 3. The third kappa shape index (κ3) is 6.13. The summed E-state index contributed by atoms with van der Waals surface area (Å²) in [5.74, 6) is -0.367. The molecule has 0 aliphatic heterocycles. The van der Waals surface area contributed by atoms with Crippen LogP contribution in [0.3, 0.4) is 0 Å². The Morgan fingerprint density at radius 2 is 2.03 bits per heavy atom. The first-order valence-electron chi connectivity index (χ1n) is 10.4. The maximum atomic E-state index is 15.2. The molecule has 0 spiro atoms. The molecule has 3 aromatic rings. The van der Waals surface area contributed by atoms with Crippen molar-refractivity contribution in [3.05, 3.63) is 74.8 Å². The molecule has 7 nitrogen and oxygen atoms in total. The van der Waals surface area contributed by atoms with E-state index in [1.165, 1.54) is 24.3 Å². The summed E-state index contributed by atoms with van der Waals surface area (Å²) in [6, 6.07) is 11.3. The van der Waals surface area contributed by atoms with Crippen LogP contribution in [-0.2, 0) is 24.6 Å². The van der Waals surface area contributed by atoms with Gasteiger partial charge in [0.2, 0.25) is 0 Å². The average molecular weight is 502 g/mol. The summed E-state index contributed by atoms with van der Waals surface area (Å²) in [4.78, 5) is 0. The topological polar surface area (TPSA) is 84.8 Å². The Morgan fingerprint density at radius 1 is 1.24 bits per heavy atom. The van der Waals surface area contributed by atoms with Crippen molar-refractivity contribution in [3.63, 3.8) is 0 Å². The number of hydrogen-bond donors (Lipinski definition) is 0. The van der Waals surface area contributed by atoms with E-state index >= 15 is 4.39 Å². The normalized spacial score (nSPS) is 11.2. The molecular formula is C24H22Cl2FN5O2. The van der Waals surface area contributed by atoms with E-state index in [1.54, 1.807) is 17.8 Å². The lowest BCUT2D eigenvalue weighted by Gasteiger charge is -2.13. The number of nitrogens with zero attached hydrogens (tertiary/aromatic N) is 5. The van der Waals surface area contributed by atoms with E-state index in [9.17, 15) is 0 Å². The Morgan fingerprint density at radius 3 is 2.74 bits per heavy atom. The van der Waals surface area contributed by atoms with Gasteiger partial charge in [0.1, 0.15) is 11.4 Å². The Hall–Kier alpha value is -3.41. The van der Waals surface area contributed by atoms with Crippen LogP contribution < -0.4 is 4.74 Å². The van der Waals surface area contributed by atoms with Gasteiger partial charge in [-0.05, 0) is 42.3 Å². The molecule has 3 rings (SSSR count). The van der Waals surface area contributed by atoms with Crippen LogP contribution in [0.1, 0.15) is 35.9 Å². The van der Waals surface area contributed by atoms with Crippen LogP contribution in [0, 0.1) is 17.1 Å². The summed E-state index contributed by atoms with van der Waals surface area (Å²) in [6.07, 6.45) is 1.98. The molecule has 0 aliphatic rings. The van der Waals surface area contributed by atoms with Crippen LogP contribution in [0.25, 0.3) is 0 Å². The van der Waals surface area contributed by atoms with Crippen molar-refractivity contribution in [1.82, 2.24) is 9.78 Å². The second kappa shape index (κ2) is 11.6. The molecule has 0 amide bonds. The third-order valence-electron chi connectivity index (χ3n) is 4.78. The number of hydrogen-bond acceptors (Lipinski definition) is 6. The summed E-state index contributed by atoms with van der Waals surface area (Å²) < 4.78 is 28.3. The largest absolute Gasteiger partial charge is 0.475 e. The van der Waals surface area contributed by atoms with E-state index in [0.717, 1.165) is 18.5 Å². The summed E-state index contributed by atoms with van der Waals surface area (Å²) in [5.41, 5.74) is 2.16. The van der Waals surface area contributed by atoms with Crippen molar-refractivity contribution in [2.24, 2.45) is 17.3 Å². The predicted octanol–water partition coefficient (Wildman–Crippen LogP) is 6.10. The predicted molar refractivity (Wildman–Crippen MR) is 131 cm³/mol. The molecule has 0 aliphatic carbocycles. The third-order valence-corrected chi connectivity index (χ3v) is 5.29. The Kier molecular flexibility index (Phi) is 8.63. The molecule has 0 radical (unpaired) electrons. The maximum Gasteiger partial charge on any atom is 0.259 e. The molecule has 0 N–H and O–H groups in total. The van der Waals surface area contributed by atoms with Gasteiger partial charge in [-0.1, -0.05) is 42.6 Å². The van der Waals surface area contributed by atoms with Crippen molar-refractivity contribution < 1.29 is 13.9 Å². The van der Waals surface area contributed by atoms with E-state index in [2.05, 4.69) is 28.9 Å². The second-order valence-electron chi connectivity index (χ2n) is 7.28. The smallest absolute Gasteiger partial charge is 0.259 e. The van der Waals surface area contributed by atoms with Gasteiger partial charge < -0.3 is 9.47 Å². The number of aromatic nitrogens is 2. The molecule has 0 fully saturated rings. The van der Waals surface area contributed by atoms with Gasteiger partial charge in [0, 0.05) is 25.2 Å². The highest BCUT2D eigenvalue weighted by Crippen LogP contribution is 2.35. The maximum absolute atomic E-state index is 15.2. The van der Waals surface area contributed by atoms with E-state index in [1.807, 2.05) is 12.1 Å². The van der Waals surface area contributed by atoms with Gasteiger partial charge in [-0.15, -0.1) is 5.10 Å². The van der Waals surface area contributed by atoms with Gasteiger partial charge in [-0.3, -0.25) is 4.68 Å². The molecule has 1 aromatic heterocycles. The van der Waals surface area contributed by atoms with Crippen molar-refractivity contribution >= 4 is 35.8 Å². The first-order valence-corrected chi connectivity index (χ1v) is 11.2. The fourth-order valence-corrected chi connectivity index (χ4v) is 3.65. The van der Waals surface area contributed by atoms with Crippen LogP contribution in [0.5, 0.6) is 11.5 Å². The van der Waals surface area contributed by atoms with E-state index in [4.69, 9.17) is 37.9 Å². The van der Waals surface area contributed by atoms with Gasteiger partial charge in [-0.2, -0.15) is 15.5 Å². The van der Waals surface area contributed by atoms with E-state index in [-0.39, 0.29) is 46.0 Å². The Bertz CT molecular complexity index is 1270. The molecule has 0 unspecified atom stereocenters. The summed E-state index contributed by atoms with van der Waals surface area (Å²) in [6.45, 7) is 5.57. The molecule has 0 saturated heterocycles. The SMILES string of the molecule is C=N/N=C(\OCCc1ccc(Cl)c(Oc2cc(Cl)cc(C#N)c2)c1F)c1cc(CCC)nn1C. The first kappa shape index (κ1) is 25.2. The molecule has 2 aromatic carbocycles. The van der Waals surface area contributed by atoms with Crippen LogP contribution in [0.15, 0.2) is 46.6 Å². The minimum Gasteiger partial charge on any atom is -0.475 e. The fraction of sp³-hybridized carbons (Fsp3) is 0.250. The van der Waals surface area contributed by atoms with E-state index < -0.39 is 5.82 Å². The van der Waals surface area contributed by atoms with Crippen LogP contribution in [0.4, 0.5) is 4.39 Å². The molecule has 0 saturated carbocycles. The molecule has 0 bridgehead atoms. The quantitative estimate of drug-likeness (QED) is 0.201. The Balaban J connectivity index is 1.76. The standard InChI is InChI=1S/C24H22Cl2FN5O2/c1-4-5-18-13-21(32(3)31-18)24(30-29-2)33-9-8-16-6-7-20(26)23(22(16)27)34-19-11-15(14-28)10-17(25)12-19/h6-7,10-13H,2,4-5,8-9H2,1,3H3/b30-24-. The van der Waals surface area contributed by atoms with Gasteiger partial charge in [-0.25, -0.2) is 4.39 Å². The number of aryl methyl sites for hydroxylation is 2. The Labute approximate surface area is 207 Å². The van der Waals surface area contributed by atoms with Crippen LogP contribution >= 0.6 is 23.2 Å². The van der Waals surface area contributed by atoms with Crippen LogP contribution in [0.2, 0.25) is 10.0 Å². The lowest BCUT2D eigenvalue weighted by atomic mass is 10.1. The van der Waals surface area contributed by atoms with Crippen molar-refractivity contribution in [1.29, 1.82) is 5.26 Å². The van der Waals surface area contributed by atoms with Crippen molar-refractivity contribution in [2.75, 3.05) is 6.61 Å². The van der Waals surface area contributed by atoms with Crippen molar-refractivity contribution in [2.45, 2.75) is 26.2 Å². The van der Waals surface area contributed by atoms with E-state index in [0.29, 0.717) is 11.3 Å². The number of ether oxygens (including phenoxy) is 2. The molecule has 34 heavy (non-hydrogen) atoms. The summed E-state index contributed by atoms with van der Waals surface area (Å²) in [5, 5.41) is 21.4. The molecule has 176 valence electrons. The highest BCUT2D eigenvalue weighted by molar-refractivity contribution is 6.32. The van der Waals surface area contributed by atoms with Gasteiger partial charge in [0.05, 0.1) is 29.0 Å². The zero-order valence-electron chi connectivity index (χ0n) is 18.7. The lowest BCUT2D eigenvalue weighted by Crippen LogP contribution is -2.14. The molecular weight excluding hydrogens is 480 g/mol. The molecule has 10 heteroatoms. The number of benzene rings is 2. The van der Waals surface area contributed by atoms with Crippen molar-refractivity contribution in [3.8, 4) is 17.6 Å². The minimum atomic E-state index is -0.638. The highest BCUT2D eigenvalue weighted by atomic mass is 35.5. The fourth-order valence-electron chi connectivity index (χ4n) is 3.24. The van der Waals surface area contributed by atoms with Gasteiger partial charge in [0.25, 0.3) is 5.90 Å². The first-order chi connectivity index (χ1) is 16.4. The zero-order chi connectivity index (χ0) is 24.7. The average Bonchev–Trinajstić information content (AvgIpc) is 3.17. The number of rotatable bonds is 9. The molecule has 1 heterocycles. The second-order valence-corrected chi connectivity index (χ2v) is 8.12. The molecule has 0 atom stereocenters.